The number of aromatic nitrogens is 2. The largest absolute Gasteiger partial charge is 0.381 e. The fraction of sp³-hybridized carbons (Fsp3) is 0.333. The van der Waals surface area contributed by atoms with E-state index in [1.807, 2.05) is 24.0 Å². The van der Waals surface area contributed by atoms with Crippen LogP contribution in [-0.2, 0) is 20.0 Å². The first kappa shape index (κ1) is 15.4. The summed E-state index contributed by atoms with van der Waals surface area (Å²) in [5.41, 5.74) is 3.54. The molecule has 1 aromatic heterocycles. The van der Waals surface area contributed by atoms with Gasteiger partial charge in [0.25, 0.3) is 5.91 Å². The highest BCUT2D eigenvalue weighted by molar-refractivity contribution is 6.34. The predicted octanol–water partition coefficient (Wildman–Crippen LogP) is 2.61. The molecule has 6 heteroatoms. The summed E-state index contributed by atoms with van der Waals surface area (Å²) in [6.07, 6.45) is 2.89. The molecule has 2 N–H and O–H groups in total. The van der Waals surface area contributed by atoms with Crippen LogP contribution in [0.15, 0.2) is 24.4 Å². The smallest absolute Gasteiger partial charge is 0.252 e. The molecule has 0 saturated carbocycles. The zero-order chi connectivity index (χ0) is 15.4. The van der Waals surface area contributed by atoms with Crippen molar-refractivity contribution in [1.29, 1.82) is 0 Å². The van der Waals surface area contributed by atoms with Crippen LogP contribution < -0.4 is 10.6 Å². The van der Waals surface area contributed by atoms with Gasteiger partial charge in [0.1, 0.15) is 0 Å². The van der Waals surface area contributed by atoms with Gasteiger partial charge < -0.3 is 10.6 Å². The van der Waals surface area contributed by atoms with Crippen molar-refractivity contribution in [3.8, 4) is 0 Å². The van der Waals surface area contributed by atoms with Gasteiger partial charge in [-0.1, -0.05) is 18.5 Å². The molecule has 0 radical (unpaired) electrons. The van der Waals surface area contributed by atoms with Crippen molar-refractivity contribution in [3.63, 3.8) is 0 Å². The molecule has 1 amide bonds. The zero-order valence-electron chi connectivity index (χ0n) is 12.4. The molecule has 0 atom stereocenters. The molecule has 0 fully saturated rings. The van der Waals surface area contributed by atoms with E-state index in [-0.39, 0.29) is 5.91 Å². The normalized spacial score (nSPS) is 10.5. The van der Waals surface area contributed by atoms with Crippen molar-refractivity contribution < 1.29 is 4.79 Å². The number of halogens is 1. The third-order valence-corrected chi connectivity index (χ3v) is 3.58. The Morgan fingerprint density at radius 1 is 1.43 bits per heavy atom. The minimum atomic E-state index is -0.195. The summed E-state index contributed by atoms with van der Waals surface area (Å²) in [7, 11) is 3.50. The molecule has 0 aliphatic rings. The minimum Gasteiger partial charge on any atom is -0.381 e. The molecule has 0 aliphatic carbocycles. The molecule has 0 unspecified atom stereocenters. The molecule has 0 saturated heterocycles. The van der Waals surface area contributed by atoms with Crippen molar-refractivity contribution in [2.45, 2.75) is 19.9 Å². The Balaban J connectivity index is 2.15. The molecule has 1 heterocycles. The number of aryl methyl sites for hydroxylation is 2. The summed E-state index contributed by atoms with van der Waals surface area (Å²) >= 11 is 6.04. The van der Waals surface area contributed by atoms with Gasteiger partial charge in [0.05, 0.1) is 16.3 Å². The highest BCUT2D eigenvalue weighted by atomic mass is 35.5. The third-order valence-electron chi connectivity index (χ3n) is 3.25. The number of nitrogens with one attached hydrogen (secondary N) is 2. The predicted molar refractivity (Wildman–Crippen MR) is 84.8 cm³/mol. The monoisotopic (exact) mass is 306 g/mol. The van der Waals surface area contributed by atoms with Gasteiger partial charge in [0.2, 0.25) is 0 Å². The zero-order valence-corrected chi connectivity index (χ0v) is 13.2. The molecule has 1 aromatic carbocycles. The number of rotatable bonds is 5. The van der Waals surface area contributed by atoms with Crippen LogP contribution in [0.4, 0.5) is 5.69 Å². The number of carbonyl (C=O) groups excluding carboxylic acids is 1. The molecule has 112 valence electrons. The number of amides is 1. The van der Waals surface area contributed by atoms with Crippen LogP contribution in [0.5, 0.6) is 0 Å². The lowest BCUT2D eigenvalue weighted by Gasteiger charge is -2.09. The van der Waals surface area contributed by atoms with E-state index in [1.165, 1.54) is 0 Å². The van der Waals surface area contributed by atoms with E-state index in [2.05, 4.69) is 22.7 Å². The second kappa shape index (κ2) is 6.63. The molecule has 21 heavy (non-hydrogen) atoms. The molecule has 0 aliphatic heterocycles. The van der Waals surface area contributed by atoms with Crippen LogP contribution in [0.1, 0.15) is 28.5 Å². The number of hydrogen-bond acceptors (Lipinski definition) is 3. The van der Waals surface area contributed by atoms with Gasteiger partial charge in [-0.3, -0.25) is 9.48 Å². The van der Waals surface area contributed by atoms with E-state index < -0.39 is 0 Å². The van der Waals surface area contributed by atoms with Crippen molar-refractivity contribution in [2.75, 3.05) is 12.4 Å². The van der Waals surface area contributed by atoms with Crippen LogP contribution >= 0.6 is 11.6 Å². The number of hydrogen-bond donors (Lipinski definition) is 2. The highest BCUT2D eigenvalue weighted by Crippen LogP contribution is 2.21. The van der Waals surface area contributed by atoms with E-state index in [4.69, 9.17) is 11.6 Å². The van der Waals surface area contributed by atoms with Crippen LogP contribution in [0.3, 0.4) is 0 Å². The van der Waals surface area contributed by atoms with Crippen LogP contribution in [0.25, 0.3) is 0 Å². The molecular weight excluding hydrogens is 288 g/mol. The van der Waals surface area contributed by atoms with Crippen molar-refractivity contribution in [1.82, 2.24) is 15.1 Å². The molecule has 2 rings (SSSR count). The number of carbonyl (C=O) groups is 1. The fourth-order valence-electron chi connectivity index (χ4n) is 2.17. The molecule has 2 aromatic rings. The van der Waals surface area contributed by atoms with Gasteiger partial charge in [-0.15, -0.1) is 0 Å². The van der Waals surface area contributed by atoms with E-state index in [0.29, 0.717) is 17.1 Å². The van der Waals surface area contributed by atoms with E-state index >= 15 is 0 Å². The summed E-state index contributed by atoms with van der Waals surface area (Å²) in [5.74, 6) is -0.195. The maximum absolute atomic E-state index is 11.7. The second-order valence-corrected chi connectivity index (χ2v) is 5.16. The molecule has 0 spiro atoms. The van der Waals surface area contributed by atoms with Crippen LogP contribution in [-0.4, -0.2) is 22.7 Å². The maximum Gasteiger partial charge on any atom is 0.252 e. The van der Waals surface area contributed by atoms with Gasteiger partial charge in [-0.05, 0) is 24.6 Å². The van der Waals surface area contributed by atoms with E-state index in [9.17, 15) is 4.79 Å². The van der Waals surface area contributed by atoms with Crippen LogP contribution in [0.2, 0.25) is 5.02 Å². The van der Waals surface area contributed by atoms with E-state index in [1.54, 1.807) is 19.2 Å². The van der Waals surface area contributed by atoms with Crippen molar-refractivity contribution >= 4 is 23.2 Å². The number of nitrogens with zero attached hydrogens (tertiary/aromatic N) is 2. The van der Waals surface area contributed by atoms with Gasteiger partial charge in [-0.25, -0.2) is 0 Å². The Morgan fingerprint density at radius 3 is 2.86 bits per heavy atom. The Bertz CT molecular complexity index is 651. The minimum absolute atomic E-state index is 0.195. The topological polar surface area (TPSA) is 59.0 Å². The first-order valence-electron chi connectivity index (χ1n) is 6.82. The number of benzene rings is 1. The number of anilines is 1. The van der Waals surface area contributed by atoms with Gasteiger partial charge in [-0.2, -0.15) is 5.10 Å². The van der Waals surface area contributed by atoms with Gasteiger partial charge in [0, 0.05) is 38.1 Å². The summed E-state index contributed by atoms with van der Waals surface area (Å²) in [6.45, 7) is 2.74. The quantitative estimate of drug-likeness (QED) is 0.892. The molecule has 0 bridgehead atoms. The van der Waals surface area contributed by atoms with Crippen LogP contribution in [0, 0.1) is 0 Å². The average molecular weight is 307 g/mol. The summed E-state index contributed by atoms with van der Waals surface area (Å²) in [5, 5.41) is 10.7. The fourth-order valence-corrected chi connectivity index (χ4v) is 2.37. The average Bonchev–Trinajstić information content (AvgIpc) is 2.85. The Kier molecular flexibility index (Phi) is 4.85. The maximum atomic E-state index is 11.7. The standard InChI is InChI=1S/C15H19ClN4O/c1-4-14-10(9-20(3)19-14)8-18-11-5-6-13(16)12(7-11)15(21)17-2/h5-7,9,18H,4,8H2,1-3H3,(H,17,21). The summed E-state index contributed by atoms with van der Waals surface area (Å²) in [6, 6.07) is 5.33. The summed E-state index contributed by atoms with van der Waals surface area (Å²) in [4.78, 5) is 11.7. The lowest BCUT2D eigenvalue weighted by atomic mass is 10.1. The lowest BCUT2D eigenvalue weighted by Crippen LogP contribution is -2.18. The summed E-state index contributed by atoms with van der Waals surface area (Å²) < 4.78 is 1.81. The van der Waals surface area contributed by atoms with Crippen molar-refractivity contribution in [3.05, 3.63) is 46.2 Å². The van der Waals surface area contributed by atoms with Crippen molar-refractivity contribution in [2.24, 2.45) is 7.05 Å². The Labute approximate surface area is 129 Å². The molecular formula is C15H19ClN4O. The first-order valence-corrected chi connectivity index (χ1v) is 7.19. The lowest BCUT2D eigenvalue weighted by molar-refractivity contribution is 0.0963. The highest BCUT2D eigenvalue weighted by Gasteiger charge is 2.10. The molecule has 5 nitrogen and oxygen atoms in total. The van der Waals surface area contributed by atoms with Gasteiger partial charge >= 0.3 is 0 Å². The first-order chi connectivity index (χ1) is 10.0. The van der Waals surface area contributed by atoms with E-state index in [0.717, 1.165) is 23.4 Å². The van der Waals surface area contributed by atoms with Gasteiger partial charge in [0.15, 0.2) is 0 Å². The Hall–Kier alpha value is -2.01. The second-order valence-electron chi connectivity index (χ2n) is 4.76. The SMILES string of the molecule is CCc1nn(C)cc1CNc1ccc(Cl)c(C(=O)NC)c1. The Morgan fingerprint density at radius 2 is 2.19 bits per heavy atom. The third kappa shape index (κ3) is 3.55.